The average Bonchev–Trinajstić information content (AvgIpc) is 2.75. The van der Waals surface area contributed by atoms with Crippen molar-refractivity contribution < 1.29 is 14.3 Å². The van der Waals surface area contributed by atoms with E-state index in [9.17, 15) is 9.90 Å². The van der Waals surface area contributed by atoms with E-state index in [4.69, 9.17) is 0 Å². The smallest absolute Gasteiger partial charge is 0.309 e. The average molecular weight is 434 g/mol. The molecule has 0 radical (unpaired) electrons. The number of carboxylic acid groups (broad SMARTS) is 1. The Morgan fingerprint density at radius 2 is 1.44 bits per heavy atom. The lowest BCUT2D eigenvalue weighted by Crippen LogP contribution is -2.26. The van der Waals surface area contributed by atoms with Crippen LogP contribution in [0.1, 0.15) is 43.9 Å². The van der Waals surface area contributed by atoms with Gasteiger partial charge in [0.05, 0.1) is 11.1 Å². The molecule has 0 aliphatic carbocycles. The van der Waals surface area contributed by atoms with E-state index in [0.29, 0.717) is 31.6 Å². The van der Waals surface area contributed by atoms with Crippen molar-refractivity contribution >= 4 is 11.7 Å². The first kappa shape index (κ1) is 23.5. The number of nitrogens with zero attached hydrogens (tertiary/aromatic N) is 1. The van der Waals surface area contributed by atoms with E-state index < -0.39 is 11.4 Å². The van der Waals surface area contributed by atoms with Crippen LogP contribution in [0.25, 0.3) is 0 Å². The minimum atomic E-state index is -0.791. The first-order valence-corrected chi connectivity index (χ1v) is 11.1. The van der Waals surface area contributed by atoms with Crippen LogP contribution < -0.4 is 4.90 Å². The van der Waals surface area contributed by atoms with Crippen LogP contribution in [0.2, 0.25) is 0 Å². The molecule has 1 N–H and O–H groups in total. The lowest BCUT2D eigenvalue weighted by Gasteiger charge is -2.27. The third-order valence-electron chi connectivity index (χ3n) is 5.81. The molecule has 0 aliphatic rings. The summed E-state index contributed by atoms with van der Waals surface area (Å²) in [5, 5.41) is 9.43. The van der Waals surface area contributed by atoms with E-state index in [1.165, 1.54) is 6.07 Å². The maximum Gasteiger partial charge on any atom is 0.309 e. The molecule has 4 heteroatoms. The Morgan fingerprint density at radius 3 is 1.94 bits per heavy atom. The fraction of sp³-hybridized carbons (Fsp3) is 0.321. The Labute approximate surface area is 190 Å². The van der Waals surface area contributed by atoms with Gasteiger partial charge in [0.25, 0.3) is 0 Å². The van der Waals surface area contributed by atoms with Crippen molar-refractivity contribution in [1.29, 1.82) is 0 Å². The van der Waals surface area contributed by atoms with Gasteiger partial charge in [-0.15, -0.1) is 0 Å². The molecular formula is C28H32FNO2. The third kappa shape index (κ3) is 6.43. The molecule has 3 aromatic carbocycles. The Kier molecular flexibility index (Phi) is 7.68. The molecule has 3 nitrogen and oxygen atoms in total. The van der Waals surface area contributed by atoms with E-state index in [-0.39, 0.29) is 11.7 Å². The van der Waals surface area contributed by atoms with E-state index in [0.717, 1.165) is 16.7 Å². The highest BCUT2D eigenvalue weighted by Crippen LogP contribution is 2.30. The number of hydrogen-bond donors (Lipinski definition) is 1. The van der Waals surface area contributed by atoms with Crippen LogP contribution in [-0.4, -0.2) is 11.1 Å². The van der Waals surface area contributed by atoms with Gasteiger partial charge < -0.3 is 10.0 Å². The maximum atomic E-state index is 15.0. The summed E-state index contributed by atoms with van der Waals surface area (Å²) in [4.78, 5) is 13.6. The lowest BCUT2D eigenvalue weighted by molar-refractivity contribution is -0.147. The van der Waals surface area contributed by atoms with Crippen molar-refractivity contribution in [1.82, 2.24) is 0 Å². The summed E-state index contributed by atoms with van der Waals surface area (Å²) >= 11 is 0. The summed E-state index contributed by atoms with van der Waals surface area (Å²) in [6.07, 6.45) is 1.27. The molecule has 0 fully saturated rings. The topological polar surface area (TPSA) is 40.5 Å². The van der Waals surface area contributed by atoms with Gasteiger partial charge in [-0.3, -0.25) is 4.79 Å². The van der Waals surface area contributed by atoms with Gasteiger partial charge in [-0.25, -0.2) is 4.39 Å². The Balaban J connectivity index is 1.86. The number of carboxylic acids is 1. The van der Waals surface area contributed by atoms with Crippen LogP contribution in [0, 0.1) is 17.2 Å². The Hall–Kier alpha value is -3.14. The molecule has 32 heavy (non-hydrogen) atoms. The molecule has 0 saturated heterocycles. The monoisotopic (exact) mass is 433 g/mol. The second-order valence-electron chi connectivity index (χ2n) is 9.32. The molecule has 1 atom stereocenters. The second-order valence-corrected chi connectivity index (χ2v) is 9.32. The summed E-state index contributed by atoms with van der Waals surface area (Å²) in [5.74, 6) is -0.878. The number of hydrogen-bond acceptors (Lipinski definition) is 2. The molecule has 168 valence electrons. The van der Waals surface area contributed by atoms with E-state index in [1.807, 2.05) is 48.5 Å². The van der Waals surface area contributed by atoms with Crippen LogP contribution >= 0.6 is 0 Å². The van der Waals surface area contributed by atoms with Crippen LogP contribution in [0.3, 0.4) is 0 Å². The van der Waals surface area contributed by atoms with E-state index in [1.54, 1.807) is 13.8 Å². The van der Waals surface area contributed by atoms with Crippen molar-refractivity contribution in [2.24, 2.45) is 11.3 Å². The van der Waals surface area contributed by atoms with Gasteiger partial charge in [0.2, 0.25) is 0 Å². The highest BCUT2D eigenvalue weighted by molar-refractivity contribution is 5.73. The van der Waals surface area contributed by atoms with E-state index in [2.05, 4.69) is 36.1 Å². The zero-order valence-corrected chi connectivity index (χ0v) is 19.1. The fourth-order valence-corrected chi connectivity index (χ4v) is 4.19. The highest BCUT2D eigenvalue weighted by atomic mass is 19.1. The molecule has 0 aromatic heterocycles. The van der Waals surface area contributed by atoms with Crippen molar-refractivity contribution in [3.05, 3.63) is 101 Å². The van der Waals surface area contributed by atoms with Crippen molar-refractivity contribution in [3.8, 4) is 0 Å². The number of rotatable bonds is 10. The molecule has 3 aromatic rings. The standard InChI is InChI=1S/C28H32FNO2/c1-21(18-28(2,3)27(31)32)16-24-14-15-25(29)26(17-24)30(19-22-10-6-4-7-11-22)20-23-12-8-5-9-13-23/h4-15,17,21H,16,18-20H2,1-3H3,(H,31,32). The first-order chi connectivity index (χ1) is 15.2. The molecule has 3 rings (SSSR count). The minimum absolute atomic E-state index is 0.163. The van der Waals surface area contributed by atoms with Gasteiger partial charge >= 0.3 is 5.97 Å². The molecule has 1 unspecified atom stereocenters. The van der Waals surface area contributed by atoms with Gasteiger partial charge in [-0.2, -0.15) is 0 Å². The van der Waals surface area contributed by atoms with E-state index >= 15 is 4.39 Å². The lowest BCUT2D eigenvalue weighted by atomic mass is 9.81. The van der Waals surface area contributed by atoms with Crippen LogP contribution in [-0.2, 0) is 24.3 Å². The summed E-state index contributed by atoms with van der Waals surface area (Å²) < 4.78 is 15.0. The predicted molar refractivity (Wildman–Crippen MR) is 128 cm³/mol. The normalized spacial score (nSPS) is 12.4. The molecule has 0 spiro atoms. The third-order valence-corrected chi connectivity index (χ3v) is 5.81. The van der Waals surface area contributed by atoms with Crippen molar-refractivity contribution in [3.63, 3.8) is 0 Å². The second kappa shape index (κ2) is 10.4. The van der Waals surface area contributed by atoms with Crippen LogP contribution in [0.4, 0.5) is 10.1 Å². The van der Waals surface area contributed by atoms with Gasteiger partial charge in [-0.1, -0.05) is 73.7 Å². The molecule has 0 heterocycles. The largest absolute Gasteiger partial charge is 0.481 e. The van der Waals surface area contributed by atoms with Crippen molar-refractivity contribution in [2.75, 3.05) is 4.90 Å². The van der Waals surface area contributed by atoms with Crippen LogP contribution in [0.5, 0.6) is 0 Å². The highest BCUT2D eigenvalue weighted by Gasteiger charge is 2.29. The van der Waals surface area contributed by atoms with Crippen molar-refractivity contribution in [2.45, 2.75) is 46.7 Å². The maximum absolute atomic E-state index is 15.0. The van der Waals surface area contributed by atoms with Gasteiger partial charge in [0.1, 0.15) is 5.82 Å². The summed E-state index contributed by atoms with van der Waals surface area (Å²) in [5.41, 5.74) is 3.03. The zero-order valence-electron chi connectivity index (χ0n) is 19.1. The van der Waals surface area contributed by atoms with Crippen LogP contribution in [0.15, 0.2) is 78.9 Å². The molecule has 0 saturated carbocycles. The molecule has 0 aliphatic heterocycles. The number of halogens is 1. The Morgan fingerprint density at radius 1 is 0.906 bits per heavy atom. The first-order valence-electron chi connectivity index (χ1n) is 11.1. The number of benzene rings is 3. The molecular weight excluding hydrogens is 401 g/mol. The quantitative estimate of drug-likeness (QED) is 0.386. The SMILES string of the molecule is CC(Cc1ccc(F)c(N(Cc2ccccc2)Cc2ccccc2)c1)CC(C)(C)C(=O)O. The minimum Gasteiger partial charge on any atom is -0.481 e. The number of carbonyl (C=O) groups is 1. The van der Waals surface area contributed by atoms with Gasteiger partial charge in [0, 0.05) is 13.1 Å². The van der Waals surface area contributed by atoms with Gasteiger partial charge in [-0.05, 0) is 61.4 Å². The Bertz CT molecular complexity index is 977. The summed E-state index contributed by atoms with van der Waals surface area (Å²) in [6, 6.07) is 25.4. The number of aliphatic carboxylic acids is 1. The zero-order chi connectivity index (χ0) is 23.1. The summed E-state index contributed by atoms with van der Waals surface area (Å²) in [7, 11) is 0. The summed E-state index contributed by atoms with van der Waals surface area (Å²) in [6.45, 7) is 6.75. The van der Waals surface area contributed by atoms with Gasteiger partial charge in [0.15, 0.2) is 0 Å². The number of anilines is 1. The molecule has 0 amide bonds. The fourth-order valence-electron chi connectivity index (χ4n) is 4.19. The predicted octanol–water partition coefficient (Wildman–Crippen LogP) is 6.71. The molecule has 0 bridgehead atoms.